The third kappa shape index (κ3) is 7.32. The maximum absolute atomic E-state index is 11.7. The van der Waals surface area contributed by atoms with Crippen LogP contribution in [0.3, 0.4) is 0 Å². The van der Waals surface area contributed by atoms with Gasteiger partial charge in [0.25, 0.3) is 0 Å². The molecule has 0 saturated heterocycles. The van der Waals surface area contributed by atoms with Gasteiger partial charge in [-0.25, -0.2) is 0 Å². The van der Waals surface area contributed by atoms with E-state index in [-0.39, 0.29) is 23.4 Å². The Bertz CT molecular complexity index is 880. The highest BCUT2D eigenvalue weighted by atomic mass is 32.2. The highest BCUT2D eigenvalue weighted by molar-refractivity contribution is 8.00. The Morgan fingerprint density at radius 3 is 2.19 bits per heavy atom. The molecule has 0 unspecified atom stereocenters. The normalized spacial score (nSPS) is 16.8. The van der Waals surface area contributed by atoms with E-state index >= 15 is 0 Å². The largest absolute Gasteiger partial charge is 0.468 e. The molecule has 8 nitrogen and oxygen atoms in total. The zero-order chi connectivity index (χ0) is 23.0. The highest BCUT2D eigenvalue weighted by Gasteiger charge is 2.33. The Balaban J connectivity index is 2.43. The average molecular weight is 469 g/mol. The Morgan fingerprint density at radius 2 is 1.58 bits per heavy atom. The zero-order valence-electron chi connectivity index (χ0n) is 17.7. The number of esters is 4. The van der Waals surface area contributed by atoms with Crippen LogP contribution in [0.2, 0.25) is 0 Å². The van der Waals surface area contributed by atoms with Crippen molar-refractivity contribution in [3.05, 3.63) is 34.9 Å². The van der Waals surface area contributed by atoms with Gasteiger partial charge in [0.15, 0.2) is 12.2 Å². The number of fused-ring (bicyclic) bond motifs is 1. The number of hydrogen-bond acceptors (Lipinski definition) is 10. The summed E-state index contributed by atoms with van der Waals surface area (Å²) in [5.74, 6) is -0.960. The number of hydrogen-bond donors (Lipinski definition) is 0. The first-order chi connectivity index (χ1) is 14.7. The Hall–Kier alpha value is -2.46. The molecule has 1 aromatic carbocycles. The van der Waals surface area contributed by atoms with Crippen molar-refractivity contribution >= 4 is 53.5 Å². The fourth-order valence-corrected chi connectivity index (χ4v) is 4.61. The molecule has 168 valence electrons. The number of ether oxygens (including phenoxy) is 4. The molecule has 0 spiro atoms. The summed E-state index contributed by atoms with van der Waals surface area (Å²) in [6.07, 6.45) is 1.88. The molecule has 0 aromatic heterocycles. The molecule has 1 aliphatic carbocycles. The predicted octanol–water partition coefficient (Wildman–Crippen LogP) is 2.92. The van der Waals surface area contributed by atoms with E-state index in [0.717, 1.165) is 16.0 Å². The summed E-state index contributed by atoms with van der Waals surface area (Å²) in [7, 11) is 2.65. The smallest absolute Gasteiger partial charge is 0.315 e. The van der Waals surface area contributed by atoms with Gasteiger partial charge in [0.2, 0.25) is 0 Å². The molecule has 31 heavy (non-hydrogen) atoms. The molecule has 0 saturated carbocycles. The monoisotopic (exact) mass is 468 g/mol. The molecular formula is C21H24O8S2. The average Bonchev–Trinajstić information content (AvgIpc) is 2.72. The minimum atomic E-state index is -0.829. The molecule has 0 amide bonds. The summed E-state index contributed by atoms with van der Waals surface area (Å²) in [4.78, 5) is 47.1. The maximum Gasteiger partial charge on any atom is 0.315 e. The molecule has 0 radical (unpaired) electrons. The summed E-state index contributed by atoms with van der Waals surface area (Å²) >= 11 is 2.65. The summed E-state index contributed by atoms with van der Waals surface area (Å²) in [5, 5.41) is 0. The van der Waals surface area contributed by atoms with Crippen molar-refractivity contribution in [2.24, 2.45) is 0 Å². The molecular weight excluding hydrogens is 444 g/mol. The highest BCUT2D eigenvalue weighted by Crippen LogP contribution is 2.39. The molecule has 0 bridgehead atoms. The Morgan fingerprint density at radius 1 is 0.935 bits per heavy atom. The van der Waals surface area contributed by atoms with E-state index in [1.165, 1.54) is 51.6 Å². The first-order valence-corrected chi connectivity index (χ1v) is 11.4. The van der Waals surface area contributed by atoms with E-state index in [9.17, 15) is 19.2 Å². The zero-order valence-corrected chi connectivity index (χ0v) is 19.3. The second-order valence-corrected chi connectivity index (χ2v) is 8.52. The molecule has 2 atom stereocenters. The van der Waals surface area contributed by atoms with Crippen LogP contribution in [-0.4, -0.2) is 55.7 Å². The van der Waals surface area contributed by atoms with Crippen molar-refractivity contribution in [3.8, 4) is 0 Å². The van der Waals surface area contributed by atoms with Gasteiger partial charge in [-0.1, -0.05) is 6.08 Å². The van der Waals surface area contributed by atoms with E-state index in [0.29, 0.717) is 11.3 Å². The van der Waals surface area contributed by atoms with E-state index in [2.05, 4.69) is 4.74 Å². The van der Waals surface area contributed by atoms with Crippen LogP contribution in [-0.2, 0) is 43.9 Å². The lowest BCUT2D eigenvalue weighted by Crippen LogP contribution is -2.29. The van der Waals surface area contributed by atoms with Crippen molar-refractivity contribution in [1.29, 1.82) is 0 Å². The second-order valence-electron chi connectivity index (χ2n) is 6.48. The number of methoxy groups -OCH3 is 2. The first kappa shape index (κ1) is 24.8. The fraction of sp³-hybridized carbons (Fsp3) is 0.429. The standard InChI is InChI=1S/C21H24O8S2/c1-12(22)28-18-6-5-16-14(9-30-10-19(24)26-3)7-15(31-11-20(25)27-4)8-17(16)21(18)29-13(2)23/h5-8,18,21H,9-11H2,1-4H3/t18-,21-/m0/s1. The molecule has 10 heteroatoms. The molecule has 0 heterocycles. The molecule has 0 fully saturated rings. The van der Waals surface area contributed by atoms with Crippen LogP contribution >= 0.6 is 23.5 Å². The van der Waals surface area contributed by atoms with Crippen LogP contribution in [0, 0.1) is 0 Å². The lowest BCUT2D eigenvalue weighted by molar-refractivity contribution is -0.162. The summed E-state index contributed by atoms with van der Waals surface area (Å²) in [6, 6.07) is 3.73. The first-order valence-electron chi connectivity index (χ1n) is 9.28. The number of carbonyl (C=O) groups is 4. The minimum absolute atomic E-state index is 0.103. The van der Waals surface area contributed by atoms with Gasteiger partial charge in [0.1, 0.15) is 0 Å². The summed E-state index contributed by atoms with van der Waals surface area (Å²) < 4.78 is 20.2. The van der Waals surface area contributed by atoms with Crippen molar-refractivity contribution in [3.63, 3.8) is 0 Å². The number of thioether (sulfide) groups is 2. The van der Waals surface area contributed by atoms with Crippen molar-refractivity contribution in [2.45, 2.75) is 36.7 Å². The molecule has 1 aliphatic rings. The van der Waals surface area contributed by atoms with Crippen molar-refractivity contribution in [1.82, 2.24) is 0 Å². The summed E-state index contributed by atoms with van der Waals surface area (Å²) in [6.45, 7) is 2.57. The van der Waals surface area contributed by atoms with Crippen molar-refractivity contribution < 1.29 is 38.1 Å². The molecule has 0 aliphatic heterocycles. The van der Waals surface area contributed by atoms with E-state index in [1.54, 1.807) is 6.08 Å². The van der Waals surface area contributed by atoms with Gasteiger partial charge in [0, 0.05) is 30.1 Å². The van der Waals surface area contributed by atoms with E-state index in [4.69, 9.17) is 14.2 Å². The topological polar surface area (TPSA) is 105 Å². The van der Waals surface area contributed by atoms with E-state index < -0.39 is 24.1 Å². The quantitative estimate of drug-likeness (QED) is 0.305. The van der Waals surface area contributed by atoms with E-state index in [1.807, 2.05) is 18.2 Å². The maximum atomic E-state index is 11.7. The number of benzene rings is 1. The summed E-state index contributed by atoms with van der Waals surface area (Å²) in [5.41, 5.74) is 2.36. The lowest BCUT2D eigenvalue weighted by atomic mass is 9.89. The van der Waals surface area contributed by atoms with Gasteiger partial charge < -0.3 is 18.9 Å². The van der Waals surface area contributed by atoms with Gasteiger partial charge in [-0.15, -0.1) is 23.5 Å². The van der Waals surface area contributed by atoms with Gasteiger partial charge in [-0.2, -0.15) is 0 Å². The van der Waals surface area contributed by atoms with Gasteiger partial charge >= 0.3 is 23.9 Å². The third-order valence-electron chi connectivity index (χ3n) is 4.21. The fourth-order valence-electron chi connectivity index (χ4n) is 2.92. The van der Waals surface area contributed by atoms with Gasteiger partial charge in [-0.3, -0.25) is 19.2 Å². The molecule has 2 rings (SSSR count). The SMILES string of the molecule is COC(=O)CSCc1cc(SCC(=O)OC)cc2c1C=C[C@H](OC(C)=O)[C@H]2OC(C)=O. The number of carbonyl (C=O) groups excluding carboxylic acids is 4. The van der Waals surface area contributed by atoms with Gasteiger partial charge in [-0.05, 0) is 29.3 Å². The predicted molar refractivity (Wildman–Crippen MR) is 116 cm³/mol. The Kier molecular flexibility index (Phi) is 9.44. The van der Waals surface area contributed by atoms with Crippen LogP contribution in [0.5, 0.6) is 0 Å². The number of rotatable bonds is 9. The van der Waals surface area contributed by atoms with Crippen molar-refractivity contribution in [2.75, 3.05) is 25.7 Å². The second kappa shape index (κ2) is 11.8. The van der Waals surface area contributed by atoms with Gasteiger partial charge in [0.05, 0.1) is 25.7 Å². The van der Waals surface area contributed by atoms with Crippen LogP contribution in [0.15, 0.2) is 23.1 Å². The third-order valence-corrected chi connectivity index (χ3v) is 6.12. The van der Waals surface area contributed by atoms with Crippen LogP contribution in [0.4, 0.5) is 0 Å². The van der Waals surface area contributed by atoms with Crippen LogP contribution in [0.1, 0.15) is 36.6 Å². The van der Waals surface area contributed by atoms with Crippen LogP contribution in [0.25, 0.3) is 6.08 Å². The lowest BCUT2D eigenvalue weighted by Gasteiger charge is -2.30. The molecule has 1 aromatic rings. The van der Waals surface area contributed by atoms with Crippen LogP contribution < -0.4 is 0 Å². The molecule has 0 N–H and O–H groups in total. The minimum Gasteiger partial charge on any atom is -0.468 e. The Labute approximate surface area is 189 Å².